The van der Waals surface area contributed by atoms with Crippen molar-refractivity contribution in [3.63, 3.8) is 0 Å². The fourth-order valence-electron chi connectivity index (χ4n) is 4.32. The Morgan fingerprint density at radius 2 is 1.89 bits per heavy atom. The van der Waals surface area contributed by atoms with Gasteiger partial charge in [-0.25, -0.2) is 9.97 Å². The normalized spacial score (nSPS) is 12.0. The number of imidazole rings is 1. The number of rotatable bonds is 6. The van der Waals surface area contributed by atoms with E-state index >= 15 is 0 Å². The molecule has 0 unspecified atom stereocenters. The number of pyridine rings is 2. The molecule has 0 saturated carbocycles. The predicted octanol–water partition coefficient (Wildman–Crippen LogP) is 7.14. The molecule has 5 aromatic heterocycles. The van der Waals surface area contributed by atoms with E-state index < -0.39 is 0 Å². The molecule has 7 nitrogen and oxygen atoms in total. The molecule has 8 heteroatoms. The third kappa shape index (κ3) is 4.35. The van der Waals surface area contributed by atoms with Gasteiger partial charge in [-0.1, -0.05) is 32.9 Å². The Kier molecular flexibility index (Phi) is 5.53. The summed E-state index contributed by atoms with van der Waals surface area (Å²) in [5.41, 5.74) is 8.95. The molecule has 6 aromatic rings. The Balaban J connectivity index is 1.35. The molecule has 0 radical (unpaired) electrons. The van der Waals surface area contributed by atoms with Crippen molar-refractivity contribution in [3.8, 4) is 33.8 Å². The fourth-order valence-corrected chi connectivity index (χ4v) is 4.97. The zero-order valence-electron chi connectivity index (χ0n) is 20.5. The first kappa shape index (κ1) is 22.4. The van der Waals surface area contributed by atoms with Crippen LogP contribution >= 0.6 is 11.3 Å². The Labute approximate surface area is 213 Å². The van der Waals surface area contributed by atoms with Crippen molar-refractivity contribution >= 4 is 39.1 Å². The summed E-state index contributed by atoms with van der Waals surface area (Å²) in [6.45, 7) is 7.64. The van der Waals surface area contributed by atoms with Gasteiger partial charge in [0.25, 0.3) is 0 Å². The molecule has 0 bridgehead atoms. The van der Waals surface area contributed by atoms with Crippen molar-refractivity contribution in [2.75, 3.05) is 11.9 Å². The topological polar surface area (TPSA) is 95.2 Å². The molecule has 0 aliphatic carbocycles. The number of hydrogen-bond donors (Lipinski definition) is 3. The van der Waals surface area contributed by atoms with E-state index in [4.69, 9.17) is 4.98 Å². The van der Waals surface area contributed by atoms with Crippen molar-refractivity contribution in [3.05, 3.63) is 65.7 Å². The Bertz CT molecular complexity index is 1650. The van der Waals surface area contributed by atoms with Crippen molar-refractivity contribution < 1.29 is 0 Å². The summed E-state index contributed by atoms with van der Waals surface area (Å²) in [4.78, 5) is 17.5. The minimum atomic E-state index is 0.284. The van der Waals surface area contributed by atoms with E-state index in [2.05, 4.69) is 92.3 Å². The van der Waals surface area contributed by atoms with Gasteiger partial charge in [-0.15, -0.1) is 0 Å². The second-order valence-corrected chi connectivity index (χ2v) is 11.0. The number of nitrogens with zero attached hydrogens (tertiary/aromatic N) is 4. The van der Waals surface area contributed by atoms with Gasteiger partial charge in [-0.05, 0) is 52.4 Å². The number of hydrogen-bond acceptors (Lipinski definition) is 6. The lowest BCUT2D eigenvalue weighted by Gasteiger charge is -2.18. The van der Waals surface area contributed by atoms with E-state index in [-0.39, 0.29) is 5.41 Å². The largest absolute Gasteiger partial charge is 0.384 e. The number of para-hydroxylation sites is 1. The van der Waals surface area contributed by atoms with E-state index in [1.165, 1.54) is 5.56 Å². The highest BCUT2D eigenvalue weighted by atomic mass is 32.1. The lowest BCUT2D eigenvalue weighted by molar-refractivity contribution is 0.390. The molecule has 1 aromatic carbocycles. The molecule has 6 rings (SSSR count). The summed E-state index contributed by atoms with van der Waals surface area (Å²) in [5.74, 6) is 0.741. The van der Waals surface area contributed by atoms with Gasteiger partial charge in [0, 0.05) is 41.8 Å². The summed E-state index contributed by atoms with van der Waals surface area (Å²) in [5, 5.41) is 16.2. The van der Waals surface area contributed by atoms with E-state index in [0.29, 0.717) is 5.65 Å². The van der Waals surface area contributed by atoms with E-state index in [9.17, 15) is 0 Å². The van der Waals surface area contributed by atoms with Crippen LogP contribution in [0.2, 0.25) is 0 Å². The molecule has 0 saturated heterocycles. The number of anilines is 1. The molecule has 0 spiro atoms. The Morgan fingerprint density at radius 1 is 1.00 bits per heavy atom. The van der Waals surface area contributed by atoms with Crippen LogP contribution in [0.4, 0.5) is 5.69 Å². The monoisotopic (exact) mass is 493 g/mol. The maximum atomic E-state index is 4.96. The van der Waals surface area contributed by atoms with Crippen LogP contribution in [0.25, 0.3) is 55.8 Å². The van der Waals surface area contributed by atoms with Crippen molar-refractivity contribution in [2.45, 2.75) is 27.2 Å². The summed E-state index contributed by atoms with van der Waals surface area (Å²) in [6, 6.07) is 12.5. The molecule has 36 heavy (non-hydrogen) atoms. The predicted molar refractivity (Wildman–Crippen MR) is 148 cm³/mol. The van der Waals surface area contributed by atoms with E-state index in [1.54, 1.807) is 11.3 Å². The molecule has 3 N–H and O–H groups in total. The number of nitrogens with one attached hydrogen (secondary N) is 3. The minimum absolute atomic E-state index is 0.284. The second kappa shape index (κ2) is 8.87. The molecule has 0 atom stereocenters. The molecule has 0 fully saturated rings. The van der Waals surface area contributed by atoms with E-state index in [1.807, 2.05) is 24.7 Å². The zero-order valence-corrected chi connectivity index (χ0v) is 21.3. The first-order valence-corrected chi connectivity index (χ1v) is 12.9. The number of aromatic nitrogens is 6. The van der Waals surface area contributed by atoms with Crippen LogP contribution in [0, 0.1) is 5.41 Å². The Morgan fingerprint density at radius 3 is 2.72 bits per heavy atom. The summed E-state index contributed by atoms with van der Waals surface area (Å²) in [7, 11) is 0. The highest BCUT2D eigenvalue weighted by Gasteiger charge is 2.16. The maximum Gasteiger partial charge on any atom is 0.181 e. The van der Waals surface area contributed by atoms with E-state index in [0.717, 1.165) is 63.3 Å². The number of H-pyrrole nitrogens is 2. The van der Waals surface area contributed by atoms with Crippen LogP contribution < -0.4 is 5.32 Å². The van der Waals surface area contributed by atoms with Crippen molar-refractivity contribution in [2.24, 2.45) is 5.41 Å². The quantitative estimate of drug-likeness (QED) is 0.229. The van der Waals surface area contributed by atoms with Gasteiger partial charge in [-0.3, -0.25) is 10.1 Å². The zero-order chi connectivity index (χ0) is 24.7. The van der Waals surface area contributed by atoms with Gasteiger partial charge < -0.3 is 10.3 Å². The maximum absolute atomic E-state index is 4.96. The highest BCUT2D eigenvalue weighted by Crippen LogP contribution is 2.33. The molecular weight excluding hydrogens is 466 g/mol. The van der Waals surface area contributed by atoms with Gasteiger partial charge in [-0.2, -0.15) is 16.4 Å². The third-order valence-electron chi connectivity index (χ3n) is 6.27. The fraction of sp³-hybridized carbons (Fsp3) is 0.214. The average molecular weight is 494 g/mol. The van der Waals surface area contributed by atoms with Gasteiger partial charge in [0.05, 0.1) is 22.1 Å². The van der Waals surface area contributed by atoms with Crippen LogP contribution in [-0.4, -0.2) is 36.7 Å². The molecule has 0 aliphatic rings. The lowest BCUT2D eigenvalue weighted by Crippen LogP contribution is -2.12. The molecule has 0 aliphatic heterocycles. The molecule has 0 amide bonds. The van der Waals surface area contributed by atoms with Crippen LogP contribution in [0.3, 0.4) is 0 Å². The van der Waals surface area contributed by atoms with Crippen molar-refractivity contribution in [1.29, 1.82) is 0 Å². The van der Waals surface area contributed by atoms with Gasteiger partial charge in [0.1, 0.15) is 5.69 Å². The molecule has 5 heterocycles. The number of aromatic amines is 2. The molecular formula is C28H27N7S. The highest BCUT2D eigenvalue weighted by molar-refractivity contribution is 7.08. The smallest absolute Gasteiger partial charge is 0.181 e. The van der Waals surface area contributed by atoms with Crippen LogP contribution in [0.15, 0.2) is 65.7 Å². The number of thiophene rings is 1. The van der Waals surface area contributed by atoms with Gasteiger partial charge in [0.15, 0.2) is 11.5 Å². The first-order chi connectivity index (χ1) is 17.4. The second-order valence-electron chi connectivity index (χ2n) is 10.2. The lowest BCUT2D eigenvalue weighted by atomic mass is 9.92. The number of fused-ring (bicyclic) bond motifs is 2. The average Bonchev–Trinajstić information content (AvgIpc) is 3.62. The van der Waals surface area contributed by atoms with Crippen LogP contribution in [-0.2, 0) is 0 Å². The summed E-state index contributed by atoms with van der Waals surface area (Å²) < 4.78 is 0. The molecule has 180 valence electrons. The van der Waals surface area contributed by atoms with Crippen molar-refractivity contribution in [1.82, 2.24) is 30.1 Å². The van der Waals surface area contributed by atoms with Gasteiger partial charge >= 0.3 is 0 Å². The first-order valence-electron chi connectivity index (χ1n) is 12.0. The minimum Gasteiger partial charge on any atom is -0.384 e. The Hall–Kier alpha value is -4.04. The third-order valence-corrected chi connectivity index (χ3v) is 6.95. The summed E-state index contributed by atoms with van der Waals surface area (Å²) in [6.07, 6.45) is 6.65. The van der Waals surface area contributed by atoms with Crippen LogP contribution in [0.1, 0.15) is 27.2 Å². The van der Waals surface area contributed by atoms with Crippen LogP contribution in [0.5, 0.6) is 0 Å². The SMILES string of the molecule is CC(C)(C)CCNc1cncc(-c2cnc3n[nH]c(-c4nc5c(-c6ccsc6)cccc5[nH]4)c3c2)c1. The number of benzene rings is 1. The standard InChI is InChI=1S/C28H27N7S/c1-28(2,3)8-9-30-20-11-18(13-29-15-20)19-12-22-25(34-35-26(22)31-14-19)27-32-23-6-4-5-21(24(23)33-27)17-7-10-36-16-17/h4-7,10-16,30H,8-9H2,1-3H3,(H,32,33)(H,31,34,35). The van der Waals surface area contributed by atoms with Gasteiger partial charge in [0.2, 0.25) is 0 Å². The summed E-state index contributed by atoms with van der Waals surface area (Å²) >= 11 is 1.68.